The lowest BCUT2D eigenvalue weighted by atomic mass is 9.97. The molecule has 0 amide bonds. The molecule has 0 aromatic heterocycles. The Labute approximate surface area is 178 Å². The number of carbonyl (C=O) groups is 1. The maximum atomic E-state index is 13.8. The fraction of sp³-hybridized carbons (Fsp3) is 0.0417. The van der Waals surface area contributed by atoms with Crippen molar-refractivity contribution in [3.63, 3.8) is 0 Å². The zero-order valence-electron chi connectivity index (χ0n) is 16.5. The lowest BCUT2D eigenvalue weighted by molar-refractivity contribution is -0.384. The van der Waals surface area contributed by atoms with Crippen molar-refractivity contribution in [2.45, 2.75) is 0 Å². The minimum absolute atomic E-state index is 0.0995. The molecular formula is C24H18FNO5. The summed E-state index contributed by atoms with van der Waals surface area (Å²) in [5, 5.41) is 10.7. The van der Waals surface area contributed by atoms with E-state index in [1.807, 2.05) is 12.1 Å². The average Bonchev–Trinajstić information content (AvgIpc) is 2.77. The Morgan fingerprint density at radius 3 is 2.26 bits per heavy atom. The number of allylic oxidation sites excluding steroid dienone is 2. The van der Waals surface area contributed by atoms with E-state index >= 15 is 0 Å². The monoisotopic (exact) mass is 419 g/mol. The third-order valence-corrected chi connectivity index (χ3v) is 4.30. The minimum Gasteiger partial charge on any atom is -0.497 e. The van der Waals surface area contributed by atoms with Gasteiger partial charge in [0.25, 0.3) is 5.69 Å². The Hall–Kier alpha value is -4.26. The van der Waals surface area contributed by atoms with Gasteiger partial charge in [0.05, 0.1) is 12.0 Å². The van der Waals surface area contributed by atoms with E-state index in [0.717, 1.165) is 5.56 Å². The van der Waals surface area contributed by atoms with E-state index in [4.69, 9.17) is 9.47 Å². The molecule has 0 bridgehead atoms. The van der Waals surface area contributed by atoms with Gasteiger partial charge in [0.15, 0.2) is 0 Å². The van der Waals surface area contributed by atoms with Crippen LogP contribution in [0.3, 0.4) is 0 Å². The zero-order valence-corrected chi connectivity index (χ0v) is 16.5. The summed E-state index contributed by atoms with van der Waals surface area (Å²) in [6.07, 6.45) is 4.39. The second-order valence-electron chi connectivity index (χ2n) is 6.35. The molecular weight excluding hydrogens is 401 g/mol. The zero-order chi connectivity index (χ0) is 22.2. The molecule has 0 atom stereocenters. The van der Waals surface area contributed by atoms with E-state index in [2.05, 4.69) is 0 Å². The number of halogens is 1. The third kappa shape index (κ3) is 5.86. The highest BCUT2D eigenvalue weighted by Crippen LogP contribution is 2.26. The number of benzene rings is 3. The molecule has 3 aromatic rings. The number of hydrogen-bond donors (Lipinski definition) is 0. The second-order valence-corrected chi connectivity index (χ2v) is 6.35. The summed E-state index contributed by atoms with van der Waals surface area (Å²) >= 11 is 0. The number of rotatable bonds is 7. The summed E-state index contributed by atoms with van der Waals surface area (Å²) in [5.74, 6) is -0.161. The molecule has 0 radical (unpaired) electrons. The standard InChI is InChI=1S/C24H18FNO5/c1-30-21-12-8-17(9-13-21)23(18-4-2-5-19(25)16-18)6-3-7-24(27)31-22-14-10-20(11-15-22)26(28)29/h2-16H,1H3/b7-3+,23-6+. The van der Waals surface area contributed by atoms with Gasteiger partial charge in [0.2, 0.25) is 0 Å². The van der Waals surface area contributed by atoms with Crippen molar-refractivity contribution in [1.29, 1.82) is 0 Å². The van der Waals surface area contributed by atoms with Gasteiger partial charge in [-0.2, -0.15) is 0 Å². The molecule has 3 aromatic carbocycles. The number of non-ortho nitro benzene ring substituents is 1. The third-order valence-electron chi connectivity index (χ3n) is 4.30. The summed E-state index contributed by atoms with van der Waals surface area (Å²) in [5.41, 5.74) is 2.04. The maximum absolute atomic E-state index is 13.8. The van der Waals surface area contributed by atoms with E-state index in [-0.39, 0.29) is 17.3 Å². The van der Waals surface area contributed by atoms with Crippen molar-refractivity contribution >= 4 is 17.2 Å². The van der Waals surface area contributed by atoms with Crippen LogP contribution in [-0.4, -0.2) is 18.0 Å². The fourth-order valence-electron chi connectivity index (χ4n) is 2.79. The van der Waals surface area contributed by atoms with Gasteiger partial charge in [-0.25, -0.2) is 9.18 Å². The topological polar surface area (TPSA) is 78.7 Å². The van der Waals surface area contributed by atoms with Crippen LogP contribution in [0.1, 0.15) is 11.1 Å². The number of nitro benzene ring substituents is 1. The van der Waals surface area contributed by atoms with Gasteiger partial charge in [-0.15, -0.1) is 0 Å². The first kappa shape index (κ1) is 21.4. The van der Waals surface area contributed by atoms with Crippen molar-refractivity contribution in [2.75, 3.05) is 7.11 Å². The smallest absolute Gasteiger partial charge is 0.336 e. The molecule has 0 aliphatic rings. The Morgan fingerprint density at radius 2 is 1.65 bits per heavy atom. The highest BCUT2D eigenvalue weighted by Gasteiger charge is 2.08. The lowest BCUT2D eigenvalue weighted by Crippen LogP contribution is -2.03. The molecule has 0 aliphatic carbocycles. The molecule has 0 heterocycles. The first-order chi connectivity index (χ1) is 15.0. The maximum Gasteiger partial charge on any atom is 0.336 e. The summed E-state index contributed by atoms with van der Waals surface area (Å²) in [6.45, 7) is 0. The van der Waals surface area contributed by atoms with Crippen LogP contribution in [0, 0.1) is 15.9 Å². The number of hydrogen-bond acceptors (Lipinski definition) is 5. The molecule has 7 heteroatoms. The van der Waals surface area contributed by atoms with Gasteiger partial charge in [-0.3, -0.25) is 10.1 Å². The molecule has 0 unspecified atom stereocenters. The van der Waals surface area contributed by atoms with Gasteiger partial charge in [0, 0.05) is 18.2 Å². The highest BCUT2D eigenvalue weighted by atomic mass is 19.1. The molecule has 3 rings (SSSR count). The van der Waals surface area contributed by atoms with Crippen molar-refractivity contribution < 1.29 is 23.6 Å². The molecule has 0 fully saturated rings. The number of ether oxygens (including phenoxy) is 2. The van der Waals surface area contributed by atoms with Gasteiger partial charge in [-0.1, -0.05) is 36.4 Å². The van der Waals surface area contributed by atoms with Crippen LogP contribution in [0.4, 0.5) is 10.1 Å². The van der Waals surface area contributed by atoms with Crippen LogP contribution in [0.25, 0.3) is 5.57 Å². The molecule has 6 nitrogen and oxygen atoms in total. The van der Waals surface area contributed by atoms with Crippen molar-refractivity contribution in [3.8, 4) is 11.5 Å². The molecule has 156 valence electrons. The van der Waals surface area contributed by atoms with Crippen molar-refractivity contribution in [1.82, 2.24) is 0 Å². The summed E-state index contributed by atoms with van der Waals surface area (Å²) < 4.78 is 24.1. The van der Waals surface area contributed by atoms with E-state index in [0.29, 0.717) is 16.9 Å². The van der Waals surface area contributed by atoms with Crippen LogP contribution in [0.2, 0.25) is 0 Å². The first-order valence-electron chi connectivity index (χ1n) is 9.21. The number of esters is 1. The van der Waals surface area contributed by atoms with E-state index in [1.54, 1.807) is 37.5 Å². The lowest BCUT2D eigenvalue weighted by Gasteiger charge is -2.09. The Kier molecular flexibility index (Phi) is 6.90. The molecule has 0 spiro atoms. The predicted molar refractivity (Wildman–Crippen MR) is 114 cm³/mol. The Balaban J connectivity index is 1.81. The fourth-order valence-corrected chi connectivity index (χ4v) is 2.79. The number of nitro groups is 1. The number of carbonyl (C=O) groups excluding carboxylic acids is 1. The van der Waals surface area contributed by atoms with Gasteiger partial charge < -0.3 is 9.47 Å². The van der Waals surface area contributed by atoms with Crippen LogP contribution < -0.4 is 9.47 Å². The van der Waals surface area contributed by atoms with Crippen molar-refractivity contribution in [3.05, 3.63) is 118 Å². The first-order valence-corrected chi connectivity index (χ1v) is 9.21. The van der Waals surface area contributed by atoms with Crippen LogP contribution in [0.5, 0.6) is 11.5 Å². The Morgan fingerprint density at radius 1 is 0.968 bits per heavy atom. The van der Waals surface area contributed by atoms with Gasteiger partial charge in [-0.05, 0) is 53.1 Å². The van der Waals surface area contributed by atoms with E-state index in [1.165, 1.54) is 48.6 Å². The largest absolute Gasteiger partial charge is 0.497 e. The number of nitrogens with zero attached hydrogens (tertiary/aromatic N) is 1. The quantitative estimate of drug-likeness (QED) is 0.129. The summed E-state index contributed by atoms with van der Waals surface area (Å²) in [6, 6.07) is 18.5. The van der Waals surface area contributed by atoms with Gasteiger partial charge in [0.1, 0.15) is 17.3 Å². The Bertz CT molecular complexity index is 1140. The predicted octanol–water partition coefficient (Wildman–Crippen LogP) is 5.34. The van der Waals surface area contributed by atoms with Crippen LogP contribution in [0.15, 0.2) is 91.0 Å². The summed E-state index contributed by atoms with van der Waals surface area (Å²) in [4.78, 5) is 22.2. The average molecular weight is 419 g/mol. The second kappa shape index (κ2) is 9.98. The van der Waals surface area contributed by atoms with Crippen molar-refractivity contribution in [2.24, 2.45) is 0 Å². The van der Waals surface area contributed by atoms with Crippen LogP contribution >= 0.6 is 0 Å². The van der Waals surface area contributed by atoms with E-state index < -0.39 is 10.9 Å². The van der Waals surface area contributed by atoms with Crippen LogP contribution in [-0.2, 0) is 4.79 Å². The molecule has 0 saturated carbocycles. The SMILES string of the molecule is COc1ccc(/C(=C\C=C\C(=O)Oc2ccc([N+](=O)[O-])cc2)c2cccc(F)c2)cc1. The highest BCUT2D eigenvalue weighted by molar-refractivity contribution is 5.86. The molecule has 0 N–H and O–H groups in total. The number of methoxy groups -OCH3 is 1. The van der Waals surface area contributed by atoms with E-state index in [9.17, 15) is 19.3 Å². The molecule has 0 saturated heterocycles. The van der Waals surface area contributed by atoms with Gasteiger partial charge >= 0.3 is 5.97 Å². The normalized spacial score (nSPS) is 11.4. The summed E-state index contributed by atoms with van der Waals surface area (Å²) in [7, 11) is 1.57. The molecule has 0 aliphatic heterocycles. The molecule has 31 heavy (non-hydrogen) atoms. The minimum atomic E-state index is -0.654.